The summed E-state index contributed by atoms with van der Waals surface area (Å²) in [6.45, 7) is 8.32. The fourth-order valence-electron chi connectivity index (χ4n) is 2.90. The molecule has 1 aromatic carbocycles. The van der Waals surface area contributed by atoms with Crippen LogP contribution in [0.25, 0.3) is 0 Å². The van der Waals surface area contributed by atoms with Gasteiger partial charge in [0.2, 0.25) is 11.8 Å². The Morgan fingerprint density at radius 3 is 2.31 bits per heavy atom. The third-order valence-electron chi connectivity index (χ3n) is 4.92. The first-order valence-corrected chi connectivity index (χ1v) is 7.45. The molecular weight excluding hydrogens is 422 g/mol. The Bertz CT molecular complexity index is 812. The molecule has 0 saturated carbocycles. The first kappa shape index (κ1) is 22.5. The number of allylic oxidation sites excluding steroid dienone is 1. The number of rotatable bonds is 3. The van der Waals surface area contributed by atoms with Crippen LogP contribution in [-0.4, -0.2) is 11.8 Å². The first-order valence-electron chi connectivity index (χ1n) is 7.45. The molecule has 1 heterocycles. The van der Waals surface area contributed by atoms with Crippen LogP contribution in [0.3, 0.4) is 0 Å². The van der Waals surface area contributed by atoms with E-state index in [-0.39, 0.29) is 44.8 Å². The molecule has 26 heavy (non-hydrogen) atoms. The van der Waals surface area contributed by atoms with Gasteiger partial charge in [0.25, 0.3) is 0 Å². The molecule has 1 radical (unpaired) electrons. The maximum atomic E-state index is 13.1. The van der Waals surface area contributed by atoms with Crippen molar-refractivity contribution in [1.82, 2.24) is 0 Å². The molecule has 0 N–H and O–H groups in total. The van der Waals surface area contributed by atoms with Crippen molar-refractivity contribution >= 4 is 17.5 Å². The third kappa shape index (κ3) is 3.25. The maximum absolute atomic E-state index is 13.1. The van der Waals surface area contributed by atoms with Gasteiger partial charge in [0, 0.05) is 38.8 Å². The Labute approximate surface area is 174 Å². The zero-order valence-electron chi connectivity index (χ0n) is 14.6. The number of imide groups is 1. The summed E-state index contributed by atoms with van der Waals surface area (Å²) >= 11 is 0. The average molecular weight is 438 g/mol. The standard InChI is InChI=1S/C18H16F3N2O2.Y/c1-5-8-17(4)15(25)23(14(24)16(17,2)3)12-7-6-11(10-22)13(9-12)18(19,20)21;/h5-7H,1,8H2,2-4H3;/q-1;. The van der Waals surface area contributed by atoms with Gasteiger partial charge in [0.15, 0.2) is 0 Å². The monoisotopic (exact) mass is 438 g/mol. The van der Waals surface area contributed by atoms with Crippen LogP contribution in [0.4, 0.5) is 18.9 Å². The second kappa shape index (κ2) is 7.24. The number of carbonyl (C=O) groups excluding carboxylic acids is 2. The molecule has 2 rings (SSSR count). The number of benzene rings is 1. The SMILES string of the molecule is C=CCC1(C)C(=O)N(c2[c-]c(C(F)(F)F)c(C#N)cc2)C(=O)C1(C)C.[Y]. The molecule has 8 heteroatoms. The molecule has 1 saturated heterocycles. The number of alkyl halides is 3. The van der Waals surface area contributed by atoms with E-state index in [9.17, 15) is 22.8 Å². The summed E-state index contributed by atoms with van der Waals surface area (Å²) in [5.41, 5.74) is -4.50. The summed E-state index contributed by atoms with van der Waals surface area (Å²) in [6.07, 6.45) is -3.13. The molecule has 2 amide bonds. The van der Waals surface area contributed by atoms with Crippen LogP contribution in [0.2, 0.25) is 0 Å². The zero-order chi connectivity index (χ0) is 19.2. The minimum atomic E-state index is -4.83. The number of anilines is 1. The summed E-state index contributed by atoms with van der Waals surface area (Å²) in [4.78, 5) is 26.3. The van der Waals surface area contributed by atoms with Crippen molar-refractivity contribution in [2.75, 3.05) is 4.90 Å². The molecule has 1 atom stereocenters. The number of nitriles is 1. The van der Waals surface area contributed by atoms with Crippen molar-refractivity contribution in [3.8, 4) is 6.07 Å². The number of hydrogen-bond donors (Lipinski definition) is 0. The van der Waals surface area contributed by atoms with E-state index < -0.39 is 39.9 Å². The van der Waals surface area contributed by atoms with E-state index in [0.717, 1.165) is 17.0 Å². The van der Waals surface area contributed by atoms with Crippen LogP contribution >= 0.6 is 0 Å². The largest absolute Gasteiger partial charge is 0.395 e. The van der Waals surface area contributed by atoms with Gasteiger partial charge in [-0.15, -0.1) is 18.7 Å². The molecule has 4 nitrogen and oxygen atoms in total. The van der Waals surface area contributed by atoms with Crippen molar-refractivity contribution in [3.63, 3.8) is 0 Å². The van der Waals surface area contributed by atoms with Gasteiger partial charge in [-0.1, -0.05) is 11.8 Å². The van der Waals surface area contributed by atoms with Gasteiger partial charge in [0.1, 0.15) is 0 Å². The quantitative estimate of drug-likeness (QED) is 0.409. The predicted molar refractivity (Wildman–Crippen MR) is 84.2 cm³/mol. The Balaban J connectivity index is 0.00000338. The smallest absolute Gasteiger partial charge is 0.274 e. The van der Waals surface area contributed by atoms with Gasteiger partial charge in [-0.2, -0.15) is 19.2 Å². The molecule has 0 bridgehead atoms. The molecule has 1 aromatic rings. The minimum absolute atomic E-state index is 0. The number of nitrogens with zero attached hydrogens (tertiary/aromatic N) is 2. The van der Waals surface area contributed by atoms with E-state index in [1.54, 1.807) is 20.8 Å². The fourth-order valence-corrected chi connectivity index (χ4v) is 2.90. The van der Waals surface area contributed by atoms with Crippen LogP contribution in [-0.2, 0) is 48.5 Å². The molecule has 135 valence electrons. The number of hydrogen-bond acceptors (Lipinski definition) is 3. The molecule has 1 fully saturated rings. The number of halogens is 3. The second-order valence-electron chi connectivity index (χ2n) is 6.64. The van der Waals surface area contributed by atoms with E-state index >= 15 is 0 Å². The summed E-state index contributed by atoms with van der Waals surface area (Å²) in [5.74, 6) is -1.23. The van der Waals surface area contributed by atoms with Gasteiger partial charge in [-0.3, -0.25) is 14.5 Å². The summed E-state index contributed by atoms with van der Waals surface area (Å²) in [5, 5.41) is 8.85. The second-order valence-corrected chi connectivity index (χ2v) is 6.64. The van der Waals surface area contributed by atoms with E-state index in [1.165, 1.54) is 12.1 Å². The number of amides is 2. The van der Waals surface area contributed by atoms with Gasteiger partial charge >= 0.3 is 6.18 Å². The van der Waals surface area contributed by atoms with E-state index in [4.69, 9.17) is 5.26 Å². The third-order valence-corrected chi connectivity index (χ3v) is 4.92. The fraction of sp³-hybridized carbons (Fsp3) is 0.389. The Hall–Kier alpha value is -1.52. The molecular formula is C18H16F3N2O2Y-. The molecule has 1 aliphatic rings. The zero-order valence-corrected chi connectivity index (χ0v) is 17.4. The van der Waals surface area contributed by atoms with Gasteiger partial charge in [-0.05, 0) is 38.3 Å². The van der Waals surface area contributed by atoms with Gasteiger partial charge in [0.05, 0.1) is 10.8 Å². The van der Waals surface area contributed by atoms with Gasteiger partial charge in [-0.25, -0.2) is 5.26 Å². The van der Waals surface area contributed by atoms with Crippen LogP contribution in [0, 0.1) is 28.2 Å². The molecule has 0 spiro atoms. The predicted octanol–water partition coefficient (Wildman–Crippen LogP) is 3.86. The van der Waals surface area contributed by atoms with Crippen LogP contribution in [0.5, 0.6) is 0 Å². The van der Waals surface area contributed by atoms with Crippen molar-refractivity contribution in [1.29, 1.82) is 5.26 Å². The van der Waals surface area contributed by atoms with E-state index in [1.807, 2.05) is 6.07 Å². The normalized spacial score (nSPS) is 22.0. The maximum Gasteiger partial charge on any atom is 0.395 e. The molecule has 1 unspecified atom stereocenters. The van der Waals surface area contributed by atoms with Crippen molar-refractivity contribution in [2.24, 2.45) is 10.8 Å². The Morgan fingerprint density at radius 2 is 1.85 bits per heavy atom. The van der Waals surface area contributed by atoms with E-state index in [0.29, 0.717) is 0 Å². The first-order chi connectivity index (χ1) is 11.4. The Kier molecular flexibility index (Phi) is 6.28. The van der Waals surface area contributed by atoms with E-state index in [2.05, 4.69) is 6.58 Å². The van der Waals surface area contributed by atoms with Crippen LogP contribution in [0.1, 0.15) is 38.3 Å². The van der Waals surface area contributed by atoms with Gasteiger partial charge < -0.3 is 0 Å². The summed E-state index contributed by atoms with van der Waals surface area (Å²) in [6, 6.07) is 5.54. The minimum Gasteiger partial charge on any atom is -0.274 e. The molecule has 1 aliphatic heterocycles. The van der Waals surface area contributed by atoms with Crippen LogP contribution < -0.4 is 4.90 Å². The number of carbonyl (C=O) groups is 2. The Morgan fingerprint density at radius 1 is 1.27 bits per heavy atom. The molecule has 0 aromatic heterocycles. The summed E-state index contributed by atoms with van der Waals surface area (Å²) in [7, 11) is 0. The summed E-state index contributed by atoms with van der Waals surface area (Å²) < 4.78 is 39.4. The van der Waals surface area contributed by atoms with Crippen molar-refractivity contribution in [2.45, 2.75) is 33.4 Å². The average Bonchev–Trinajstić information content (AvgIpc) is 2.65. The van der Waals surface area contributed by atoms with Crippen LogP contribution in [0.15, 0.2) is 24.8 Å². The molecule has 0 aliphatic carbocycles. The topological polar surface area (TPSA) is 61.2 Å². The van der Waals surface area contributed by atoms with Crippen molar-refractivity contribution in [3.05, 3.63) is 42.0 Å². The van der Waals surface area contributed by atoms with Crippen molar-refractivity contribution < 1.29 is 55.5 Å².